The van der Waals surface area contributed by atoms with Crippen LogP contribution in [-0.2, 0) is 7.05 Å². The van der Waals surface area contributed by atoms with Crippen molar-refractivity contribution in [3.63, 3.8) is 0 Å². The third kappa shape index (κ3) is 2.74. The molecule has 1 aromatic heterocycles. The third-order valence-electron chi connectivity index (χ3n) is 2.67. The van der Waals surface area contributed by atoms with Gasteiger partial charge in [-0.1, -0.05) is 12.1 Å². The molecule has 7 heteroatoms. The van der Waals surface area contributed by atoms with Gasteiger partial charge in [0.1, 0.15) is 0 Å². The maximum atomic E-state index is 11.9. The number of nitrogens with two attached hydrogens (primary N) is 1. The van der Waals surface area contributed by atoms with Gasteiger partial charge in [-0.25, -0.2) is 0 Å². The highest BCUT2D eigenvalue weighted by Crippen LogP contribution is 2.06. The molecular weight excluding hydrogens is 222 g/mol. The van der Waals surface area contributed by atoms with Crippen LogP contribution < -0.4 is 11.1 Å². The van der Waals surface area contributed by atoms with Crippen molar-refractivity contribution in [3.05, 3.63) is 17.5 Å². The van der Waals surface area contributed by atoms with Gasteiger partial charge in [0, 0.05) is 12.7 Å². The Hall–Kier alpha value is -2.05. The molecule has 1 unspecified atom stereocenters. The van der Waals surface area contributed by atoms with Gasteiger partial charge in [-0.05, 0) is 13.3 Å². The number of aryl methyl sites for hydroxylation is 1. The summed E-state index contributed by atoms with van der Waals surface area (Å²) < 4.78 is 1.61. The minimum Gasteiger partial charge on any atom is -0.409 e. The zero-order valence-corrected chi connectivity index (χ0v) is 10.1. The van der Waals surface area contributed by atoms with Crippen LogP contribution in [0.3, 0.4) is 0 Å². The number of oxime groups is 1. The number of carbonyl (C=O) groups excluding carboxylic acids is 1. The summed E-state index contributed by atoms with van der Waals surface area (Å²) in [4.78, 5) is 11.9. The van der Waals surface area contributed by atoms with Crippen LogP contribution in [0.5, 0.6) is 0 Å². The van der Waals surface area contributed by atoms with Crippen LogP contribution in [0.25, 0.3) is 0 Å². The molecule has 1 rings (SSSR count). The van der Waals surface area contributed by atoms with E-state index in [1.165, 1.54) is 6.20 Å². The minimum atomic E-state index is -0.480. The molecule has 1 atom stereocenters. The first-order chi connectivity index (χ1) is 8.01. The Morgan fingerprint density at radius 2 is 2.41 bits per heavy atom. The summed E-state index contributed by atoms with van der Waals surface area (Å²) in [5.74, 6) is -0.295. The molecule has 0 saturated heterocycles. The Bertz CT molecular complexity index is 438. The zero-order chi connectivity index (χ0) is 13.0. The van der Waals surface area contributed by atoms with Crippen molar-refractivity contribution in [2.24, 2.45) is 17.9 Å². The molecule has 0 aliphatic carbocycles. The fraction of sp³-hybridized carbons (Fsp3) is 0.500. The smallest absolute Gasteiger partial charge is 0.255 e. The SMILES string of the molecule is CCC(NC(=O)c1cnn(C)c1C)/C(N)=N/O. The van der Waals surface area contributed by atoms with Crippen LogP contribution in [0.15, 0.2) is 11.4 Å². The van der Waals surface area contributed by atoms with Gasteiger partial charge in [0.15, 0.2) is 5.84 Å². The molecule has 1 amide bonds. The number of carbonyl (C=O) groups is 1. The summed E-state index contributed by atoms with van der Waals surface area (Å²) in [6.07, 6.45) is 2.03. The minimum absolute atomic E-state index is 0.0117. The van der Waals surface area contributed by atoms with E-state index < -0.39 is 6.04 Å². The van der Waals surface area contributed by atoms with Crippen molar-refractivity contribution in [1.82, 2.24) is 15.1 Å². The van der Waals surface area contributed by atoms with Crippen molar-refractivity contribution >= 4 is 11.7 Å². The van der Waals surface area contributed by atoms with Gasteiger partial charge in [-0.3, -0.25) is 9.48 Å². The molecule has 0 spiro atoms. The number of hydrogen-bond acceptors (Lipinski definition) is 4. The summed E-state index contributed by atoms with van der Waals surface area (Å²) in [6.45, 7) is 3.63. The highest BCUT2D eigenvalue weighted by molar-refractivity contribution is 5.98. The lowest BCUT2D eigenvalue weighted by molar-refractivity contribution is 0.0945. The lowest BCUT2D eigenvalue weighted by Gasteiger charge is -2.14. The second-order valence-corrected chi connectivity index (χ2v) is 3.73. The molecule has 0 aliphatic heterocycles. The van der Waals surface area contributed by atoms with Crippen LogP contribution >= 0.6 is 0 Å². The van der Waals surface area contributed by atoms with Crippen molar-refractivity contribution in [2.75, 3.05) is 0 Å². The normalized spacial score (nSPS) is 13.5. The van der Waals surface area contributed by atoms with E-state index in [2.05, 4.69) is 15.6 Å². The largest absolute Gasteiger partial charge is 0.409 e. The molecule has 0 aliphatic rings. The maximum Gasteiger partial charge on any atom is 0.255 e. The number of nitrogens with one attached hydrogen (secondary N) is 1. The van der Waals surface area contributed by atoms with Gasteiger partial charge in [0.2, 0.25) is 0 Å². The molecule has 0 saturated carbocycles. The molecular formula is C10H17N5O2. The predicted octanol–water partition coefficient (Wildman–Crippen LogP) is -0.0167. The van der Waals surface area contributed by atoms with Crippen LogP contribution in [0, 0.1) is 6.92 Å². The number of hydrogen-bond donors (Lipinski definition) is 3. The van der Waals surface area contributed by atoms with E-state index in [9.17, 15) is 4.79 Å². The highest BCUT2D eigenvalue weighted by atomic mass is 16.4. The number of rotatable bonds is 4. The van der Waals surface area contributed by atoms with E-state index in [0.717, 1.165) is 5.69 Å². The average Bonchev–Trinajstić information content (AvgIpc) is 2.66. The number of amides is 1. The fourth-order valence-corrected chi connectivity index (χ4v) is 1.41. The maximum absolute atomic E-state index is 11.9. The molecule has 7 nitrogen and oxygen atoms in total. The summed E-state index contributed by atoms with van der Waals surface area (Å²) in [7, 11) is 1.76. The van der Waals surface area contributed by atoms with Crippen molar-refractivity contribution in [3.8, 4) is 0 Å². The summed E-state index contributed by atoms with van der Waals surface area (Å²) in [6, 6.07) is -0.480. The van der Waals surface area contributed by atoms with E-state index >= 15 is 0 Å². The van der Waals surface area contributed by atoms with Gasteiger partial charge in [-0.15, -0.1) is 0 Å². The molecule has 0 bridgehead atoms. The Kier molecular flexibility index (Phi) is 4.08. The lowest BCUT2D eigenvalue weighted by atomic mass is 10.1. The average molecular weight is 239 g/mol. The van der Waals surface area contributed by atoms with E-state index in [-0.39, 0.29) is 11.7 Å². The van der Waals surface area contributed by atoms with E-state index in [1.807, 2.05) is 6.92 Å². The first-order valence-corrected chi connectivity index (χ1v) is 5.28. The molecule has 1 heterocycles. The Morgan fingerprint density at radius 3 is 2.82 bits per heavy atom. The number of amidine groups is 1. The molecule has 0 aromatic carbocycles. The van der Waals surface area contributed by atoms with Crippen molar-refractivity contribution in [2.45, 2.75) is 26.3 Å². The molecule has 4 N–H and O–H groups in total. The quantitative estimate of drug-likeness (QED) is 0.297. The third-order valence-corrected chi connectivity index (χ3v) is 2.67. The van der Waals surface area contributed by atoms with Gasteiger partial charge in [-0.2, -0.15) is 5.10 Å². The zero-order valence-electron chi connectivity index (χ0n) is 10.1. The Labute approximate surface area is 99.3 Å². The first kappa shape index (κ1) is 13.0. The second-order valence-electron chi connectivity index (χ2n) is 3.73. The van der Waals surface area contributed by atoms with Gasteiger partial charge < -0.3 is 16.3 Å². The monoisotopic (exact) mass is 239 g/mol. The highest BCUT2D eigenvalue weighted by Gasteiger charge is 2.18. The Balaban J connectivity index is 2.82. The van der Waals surface area contributed by atoms with E-state index in [1.54, 1.807) is 18.7 Å². The first-order valence-electron chi connectivity index (χ1n) is 5.28. The Morgan fingerprint density at radius 1 is 1.76 bits per heavy atom. The number of aromatic nitrogens is 2. The van der Waals surface area contributed by atoms with Gasteiger partial charge in [0.05, 0.1) is 17.8 Å². The predicted molar refractivity (Wildman–Crippen MR) is 62.9 cm³/mol. The lowest BCUT2D eigenvalue weighted by Crippen LogP contribution is -2.44. The van der Waals surface area contributed by atoms with Crippen LogP contribution in [0.1, 0.15) is 29.4 Å². The molecule has 1 aromatic rings. The second kappa shape index (κ2) is 5.33. The van der Waals surface area contributed by atoms with Gasteiger partial charge >= 0.3 is 0 Å². The molecule has 0 radical (unpaired) electrons. The van der Waals surface area contributed by atoms with Crippen LogP contribution in [0.4, 0.5) is 0 Å². The topological polar surface area (TPSA) is 106 Å². The van der Waals surface area contributed by atoms with Crippen LogP contribution in [0.2, 0.25) is 0 Å². The summed E-state index contributed by atoms with van der Waals surface area (Å²) in [5, 5.41) is 18.1. The van der Waals surface area contributed by atoms with Crippen LogP contribution in [-0.4, -0.2) is 32.8 Å². The number of nitrogens with zero attached hydrogens (tertiary/aromatic N) is 3. The summed E-state index contributed by atoms with van der Waals surface area (Å²) >= 11 is 0. The van der Waals surface area contributed by atoms with E-state index in [0.29, 0.717) is 12.0 Å². The molecule has 94 valence electrons. The van der Waals surface area contributed by atoms with E-state index in [4.69, 9.17) is 10.9 Å². The molecule has 17 heavy (non-hydrogen) atoms. The van der Waals surface area contributed by atoms with Gasteiger partial charge in [0.25, 0.3) is 5.91 Å². The van der Waals surface area contributed by atoms with Crippen molar-refractivity contribution < 1.29 is 10.0 Å². The standard InChI is InChI=1S/C10H17N5O2/c1-4-8(9(11)14-17)13-10(16)7-5-12-15(3)6(7)2/h5,8,17H,4H2,1-3H3,(H2,11,14)(H,13,16). The van der Waals surface area contributed by atoms with Crippen molar-refractivity contribution in [1.29, 1.82) is 0 Å². The fourth-order valence-electron chi connectivity index (χ4n) is 1.41. The summed E-state index contributed by atoms with van der Waals surface area (Å²) in [5.41, 5.74) is 6.71. The molecule has 0 fully saturated rings.